The van der Waals surface area contributed by atoms with Gasteiger partial charge in [0.2, 0.25) is 11.5 Å². The lowest BCUT2D eigenvalue weighted by Crippen LogP contribution is -2.32. The first kappa shape index (κ1) is 24.0. The standard InChI is InChI=1S/C25H29NO7/c1-28-19-9-15(10-20(29-2)24(19)32-5)7-17-13-26-14-18(23(17)27)8-16-11-21(30-3)25(33-6)22(12-16)31-4/h7-12,26H,13-14H2,1-6H3/b17-7-,18-8+. The molecule has 1 aliphatic rings. The van der Waals surface area contributed by atoms with Crippen LogP contribution in [-0.4, -0.2) is 61.5 Å². The lowest BCUT2D eigenvalue weighted by Gasteiger charge is -2.19. The highest BCUT2D eigenvalue weighted by Gasteiger charge is 2.22. The number of hydrogen-bond acceptors (Lipinski definition) is 8. The van der Waals surface area contributed by atoms with E-state index in [1.807, 2.05) is 12.2 Å². The first-order valence-corrected chi connectivity index (χ1v) is 10.3. The summed E-state index contributed by atoms with van der Waals surface area (Å²) in [6, 6.07) is 7.22. The summed E-state index contributed by atoms with van der Waals surface area (Å²) in [7, 11) is 9.32. The molecule has 0 spiro atoms. The quantitative estimate of drug-likeness (QED) is 0.607. The molecule has 0 atom stereocenters. The van der Waals surface area contributed by atoms with Crippen LogP contribution in [0.25, 0.3) is 12.2 Å². The monoisotopic (exact) mass is 455 g/mol. The molecular weight excluding hydrogens is 426 g/mol. The van der Waals surface area contributed by atoms with E-state index in [1.165, 1.54) is 0 Å². The Balaban J connectivity index is 1.98. The maximum absolute atomic E-state index is 13.2. The van der Waals surface area contributed by atoms with Gasteiger partial charge >= 0.3 is 0 Å². The van der Waals surface area contributed by atoms with Gasteiger partial charge in [-0.05, 0) is 47.5 Å². The number of benzene rings is 2. The maximum atomic E-state index is 13.2. The summed E-state index contributed by atoms with van der Waals surface area (Å²) >= 11 is 0. The van der Waals surface area contributed by atoms with E-state index in [0.717, 1.165) is 11.1 Å². The second kappa shape index (κ2) is 10.8. The average Bonchev–Trinajstić information content (AvgIpc) is 2.84. The van der Waals surface area contributed by atoms with Crippen molar-refractivity contribution in [1.82, 2.24) is 5.32 Å². The highest BCUT2D eigenvalue weighted by molar-refractivity contribution is 6.14. The molecular formula is C25H29NO7. The highest BCUT2D eigenvalue weighted by Crippen LogP contribution is 2.40. The van der Waals surface area contributed by atoms with Crippen LogP contribution in [0, 0.1) is 0 Å². The van der Waals surface area contributed by atoms with Crippen molar-refractivity contribution in [2.45, 2.75) is 0 Å². The molecule has 33 heavy (non-hydrogen) atoms. The van der Waals surface area contributed by atoms with Crippen LogP contribution in [0.3, 0.4) is 0 Å². The summed E-state index contributed by atoms with van der Waals surface area (Å²) < 4.78 is 32.4. The van der Waals surface area contributed by atoms with Gasteiger partial charge in [0.1, 0.15) is 0 Å². The molecule has 0 amide bonds. The van der Waals surface area contributed by atoms with Crippen LogP contribution in [-0.2, 0) is 4.79 Å². The van der Waals surface area contributed by atoms with Crippen molar-refractivity contribution in [3.8, 4) is 34.5 Å². The molecule has 1 heterocycles. The van der Waals surface area contributed by atoms with Crippen molar-refractivity contribution in [2.75, 3.05) is 55.7 Å². The summed E-state index contributed by atoms with van der Waals surface area (Å²) in [5.41, 5.74) is 2.77. The van der Waals surface area contributed by atoms with Crippen molar-refractivity contribution in [3.05, 3.63) is 46.5 Å². The molecule has 2 aromatic carbocycles. The lowest BCUT2D eigenvalue weighted by molar-refractivity contribution is -0.112. The predicted octanol–water partition coefficient (Wildman–Crippen LogP) is 3.38. The SMILES string of the molecule is COc1cc(/C=C2/CNC/C(=C\c3cc(OC)c(OC)c(OC)c3)C2=O)cc(OC)c1OC. The van der Waals surface area contributed by atoms with Crippen molar-refractivity contribution in [1.29, 1.82) is 0 Å². The number of hydrogen-bond donors (Lipinski definition) is 1. The van der Waals surface area contributed by atoms with Gasteiger partial charge in [-0.2, -0.15) is 0 Å². The van der Waals surface area contributed by atoms with E-state index in [-0.39, 0.29) is 5.78 Å². The topological polar surface area (TPSA) is 84.5 Å². The van der Waals surface area contributed by atoms with Crippen LogP contribution in [0.15, 0.2) is 35.4 Å². The van der Waals surface area contributed by atoms with E-state index in [4.69, 9.17) is 28.4 Å². The number of carbonyl (C=O) groups excluding carboxylic acids is 1. The highest BCUT2D eigenvalue weighted by atomic mass is 16.5. The Morgan fingerprint density at radius 2 is 0.939 bits per heavy atom. The first-order chi connectivity index (χ1) is 16.0. The number of ketones is 1. The molecule has 0 bridgehead atoms. The third-order valence-corrected chi connectivity index (χ3v) is 5.27. The molecule has 3 rings (SSSR count). The zero-order valence-electron chi connectivity index (χ0n) is 19.7. The van der Waals surface area contributed by atoms with Crippen LogP contribution in [0.2, 0.25) is 0 Å². The number of ether oxygens (including phenoxy) is 6. The Morgan fingerprint density at radius 1 is 0.606 bits per heavy atom. The van der Waals surface area contributed by atoms with E-state index in [0.29, 0.717) is 58.7 Å². The summed E-state index contributed by atoms with van der Waals surface area (Å²) in [5, 5.41) is 3.28. The predicted molar refractivity (Wildman–Crippen MR) is 126 cm³/mol. The van der Waals surface area contributed by atoms with E-state index >= 15 is 0 Å². The molecule has 2 aromatic rings. The summed E-state index contributed by atoms with van der Waals surface area (Å²) in [5.74, 6) is 3.04. The molecule has 176 valence electrons. The maximum Gasteiger partial charge on any atom is 0.203 e. The third-order valence-electron chi connectivity index (χ3n) is 5.27. The van der Waals surface area contributed by atoms with Crippen LogP contribution in [0.5, 0.6) is 34.5 Å². The van der Waals surface area contributed by atoms with Gasteiger partial charge in [0, 0.05) is 24.2 Å². The minimum atomic E-state index is -0.0451. The molecule has 8 nitrogen and oxygen atoms in total. The largest absolute Gasteiger partial charge is 0.493 e. The number of Topliss-reactive ketones (excluding diaryl/α,β-unsaturated/α-hetero) is 1. The van der Waals surface area contributed by atoms with Gasteiger partial charge in [-0.15, -0.1) is 0 Å². The molecule has 0 saturated carbocycles. The second-order valence-corrected chi connectivity index (χ2v) is 7.19. The smallest absolute Gasteiger partial charge is 0.203 e. The fraction of sp³-hybridized carbons (Fsp3) is 0.320. The van der Waals surface area contributed by atoms with Gasteiger partial charge in [-0.3, -0.25) is 4.79 Å². The Morgan fingerprint density at radius 3 is 1.21 bits per heavy atom. The minimum Gasteiger partial charge on any atom is -0.493 e. The summed E-state index contributed by atoms with van der Waals surface area (Å²) in [4.78, 5) is 13.2. The van der Waals surface area contributed by atoms with Crippen molar-refractivity contribution in [3.63, 3.8) is 0 Å². The van der Waals surface area contributed by atoms with Gasteiger partial charge < -0.3 is 33.7 Å². The zero-order valence-corrected chi connectivity index (χ0v) is 19.7. The minimum absolute atomic E-state index is 0.0451. The van der Waals surface area contributed by atoms with E-state index in [1.54, 1.807) is 66.9 Å². The van der Waals surface area contributed by atoms with E-state index in [2.05, 4.69) is 5.32 Å². The van der Waals surface area contributed by atoms with Crippen LogP contribution < -0.4 is 33.7 Å². The Hall–Kier alpha value is -3.65. The molecule has 8 heteroatoms. The third kappa shape index (κ3) is 5.06. The molecule has 0 aromatic heterocycles. The van der Waals surface area contributed by atoms with Crippen LogP contribution in [0.4, 0.5) is 0 Å². The number of methoxy groups -OCH3 is 6. The second-order valence-electron chi connectivity index (χ2n) is 7.19. The van der Waals surface area contributed by atoms with Gasteiger partial charge in [-0.1, -0.05) is 0 Å². The van der Waals surface area contributed by atoms with E-state index in [9.17, 15) is 4.79 Å². The normalized spacial score (nSPS) is 16.0. The van der Waals surface area contributed by atoms with Crippen molar-refractivity contribution < 1.29 is 33.2 Å². The Kier molecular flexibility index (Phi) is 7.84. The molecule has 0 aliphatic carbocycles. The fourth-order valence-electron chi connectivity index (χ4n) is 3.70. The summed E-state index contributed by atoms with van der Waals surface area (Å²) in [6.07, 6.45) is 3.64. The van der Waals surface area contributed by atoms with Gasteiger partial charge in [-0.25, -0.2) is 0 Å². The van der Waals surface area contributed by atoms with Crippen molar-refractivity contribution in [2.24, 2.45) is 0 Å². The molecule has 1 fully saturated rings. The van der Waals surface area contributed by atoms with E-state index < -0.39 is 0 Å². The van der Waals surface area contributed by atoms with Gasteiger partial charge in [0.15, 0.2) is 28.8 Å². The van der Waals surface area contributed by atoms with Gasteiger partial charge in [0.05, 0.1) is 42.7 Å². The first-order valence-electron chi connectivity index (χ1n) is 10.3. The van der Waals surface area contributed by atoms with Crippen LogP contribution >= 0.6 is 0 Å². The number of nitrogens with one attached hydrogen (secondary N) is 1. The molecule has 1 aliphatic heterocycles. The van der Waals surface area contributed by atoms with Crippen LogP contribution in [0.1, 0.15) is 11.1 Å². The summed E-state index contributed by atoms with van der Waals surface area (Å²) in [6.45, 7) is 0.893. The zero-order chi connectivity index (χ0) is 24.0. The lowest BCUT2D eigenvalue weighted by atomic mass is 9.95. The fourth-order valence-corrected chi connectivity index (χ4v) is 3.70. The molecule has 1 saturated heterocycles. The number of carbonyl (C=O) groups is 1. The molecule has 0 radical (unpaired) electrons. The number of piperidine rings is 1. The molecule has 1 N–H and O–H groups in total. The Bertz CT molecular complexity index is 955. The Labute approximate surface area is 193 Å². The van der Waals surface area contributed by atoms with Gasteiger partial charge in [0.25, 0.3) is 0 Å². The number of rotatable bonds is 8. The molecule has 0 unspecified atom stereocenters. The average molecular weight is 456 g/mol. The van der Waals surface area contributed by atoms with Crippen molar-refractivity contribution >= 4 is 17.9 Å².